The summed E-state index contributed by atoms with van der Waals surface area (Å²) in [6, 6.07) is 10.3. The molecule has 1 aliphatic carbocycles. The lowest BCUT2D eigenvalue weighted by molar-refractivity contribution is -0.123. The highest BCUT2D eigenvalue weighted by molar-refractivity contribution is 5.88. The number of Topliss-reactive ketones (excluding diaryl/α,β-unsaturated/α-hetero) is 1. The maximum Gasteiger partial charge on any atom is 0.226 e. The third-order valence-electron chi connectivity index (χ3n) is 5.06. The van der Waals surface area contributed by atoms with Gasteiger partial charge >= 0.3 is 0 Å². The molecule has 7 nitrogen and oxygen atoms in total. The molecule has 0 saturated carbocycles. The first-order chi connectivity index (χ1) is 12.7. The highest BCUT2D eigenvalue weighted by Gasteiger charge is 2.44. The molecule has 0 amide bonds. The van der Waals surface area contributed by atoms with E-state index < -0.39 is 12.0 Å². The number of anilines is 1. The SMILES string of the molecule is O=C1C[C@H](c2ccco2)C=C2Nc3ncnn3[C@@H](c3ccccc3O)[C@H]12. The van der Waals surface area contributed by atoms with Gasteiger partial charge in [-0.25, -0.2) is 4.68 Å². The number of furan rings is 1. The van der Waals surface area contributed by atoms with E-state index in [9.17, 15) is 9.90 Å². The van der Waals surface area contributed by atoms with Crippen LogP contribution in [-0.4, -0.2) is 25.7 Å². The van der Waals surface area contributed by atoms with Crippen molar-refractivity contribution in [3.63, 3.8) is 0 Å². The van der Waals surface area contributed by atoms with Gasteiger partial charge in [-0.2, -0.15) is 10.1 Å². The Morgan fingerprint density at radius 1 is 1.23 bits per heavy atom. The zero-order valence-corrected chi connectivity index (χ0v) is 13.7. The number of phenols is 1. The molecule has 1 aliphatic heterocycles. The van der Waals surface area contributed by atoms with Crippen LogP contribution in [0.3, 0.4) is 0 Å². The highest BCUT2D eigenvalue weighted by Crippen LogP contribution is 2.45. The maximum absolute atomic E-state index is 13.1. The van der Waals surface area contributed by atoms with Crippen molar-refractivity contribution in [1.29, 1.82) is 0 Å². The molecule has 0 radical (unpaired) electrons. The molecular weight excluding hydrogens is 332 g/mol. The monoisotopic (exact) mass is 348 g/mol. The number of aromatic nitrogens is 3. The summed E-state index contributed by atoms with van der Waals surface area (Å²) in [7, 11) is 0. The second-order valence-electron chi connectivity index (χ2n) is 6.55. The number of aromatic hydroxyl groups is 1. The molecule has 3 aromatic rings. The largest absolute Gasteiger partial charge is 0.508 e. The maximum atomic E-state index is 13.1. The smallest absolute Gasteiger partial charge is 0.226 e. The van der Waals surface area contributed by atoms with E-state index in [1.165, 1.54) is 6.33 Å². The van der Waals surface area contributed by atoms with E-state index in [0.29, 0.717) is 17.9 Å². The lowest BCUT2D eigenvalue weighted by atomic mass is 9.76. The van der Waals surface area contributed by atoms with Crippen molar-refractivity contribution < 1.29 is 14.3 Å². The minimum Gasteiger partial charge on any atom is -0.508 e. The number of allylic oxidation sites excluding steroid dienone is 2. The topological polar surface area (TPSA) is 93.2 Å². The van der Waals surface area contributed by atoms with Gasteiger partial charge in [0.2, 0.25) is 5.95 Å². The average molecular weight is 348 g/mol. The molecular formula is C19H16N4O3. The number of rotatable bonds is 2. The summed E-state index contributed by atoms with van der Waals surface area (Å²) in [4.78, 5) is 17.3. The lowest BCUT2D eigenvalue weighted by Gasteiger charge is -2.37. The summed E-state index contributed by atoms with van der Waals surface area (Å²) < 4.78 is 7.16. The van der Waals surface area contributed by atoms with Crippen LogP contribution in [0.15, 0.2) is 65.2 Å². The molecule has 0 spiro atoms. The Hall–Kier alpha value is -3.35. The highest BCUT2D eigenvalue weighted by atomic mass is 16.3. The number of carbonyl (C=O) groups is 1. The third-order valence-corrected chi connectivity index (χ3v) is 5.06. The molecule has 2 N–H and O–H groups in total. The van der Waals surface area contributed by atoms with Crippen LogP contribution < -0.4 is 5.32 Å². The summed E-state index contributed by atoms with van der Waals surface area (Å²) >= 11 is 0. The van der Waals surface area contributed by atoms with Gasteiger partial charge in [-0.15, -0.1) is 0 Å². The van der Waals surface area contributed by atoms with E-state index in [2.05, 4.69) is 15.4 Å². The minimum atomic E-state index is -0.455. The first kappa shape index (κ1) is 14.9. The molecule has 3 atom stereocenters. The zero-order chi connectivity index (χ0) is 17.7. The van der Waals surface area contributed by atoms with Crippen LogP contribution in [0.25, 0.3) is 0 Å². The molecule has 2 aromatic heterocycles. The molecule has 7 heteroatoms. The quantitative estimate of drug-likeness (QED) is 0.740. The number of ketones is 1. The van der Waals surface area contributed by atoms with Crippen LogP contribution >= 0.6 is 0 Å². The van der Waals surface area contributed by atoms with Gasteiger partial charge in [0, 0.05) is 23.6 Å². The van der Waals surface area contributed by atoms with E-state index >= 15 is 0 Å². The van der Waals surface area contributed by atoms with Crippen LogP contribution in [0.1, 0.15) is 29.7 Å². The van der Waals surface area contributed by atoms with Gasteiger partial charge in [-0.05, 0) is 18.2 Å². The fraction of sp³-hybridized carbons (Fsp3) is 0.211. The predicted octanol–water partition coefficient (Wildman–Crippen LogP) is 2.85. The number of benzene rings is 1. The van der Waals surface area contributed by atoms with Gasteiger partial charge in [-0.1, -0.05) is 24.3 Å². The van der Waals surface area contributed by atoms with Crippen LogP contribution in [-0.2, 0) is 4.79 Å². The second kappa shape index (κ2) is 5.59. The molecule has 5 rings (SSSR count). The van der Waals surface area contributed by atoms with Crippen LogP contribution in [0.2, 0.25) is 0 Å². The summed E-state index contributed by atoms with van der Waals surface area (Å²) in [6.45, 7) is 0. The van der Waals surface area contributed by atoms with Crippen molar-refractivity contribution in [3.8, 4) is 5.75 Å². The van der Waals surface area contributed by atoms with Gasteiger partial charge in [-0.3, -0.25) is 4.79 Å². The van der Waals surface area contributed by atoms with Crippen LogP contribution in [0, 0.1) is 5.92 Å². The molecule has 2 aliphatic rings. The van der Waals surface area contributed by atoms with Crippen molar-refractivity contribution in [3.05, 3.63) is 72.1 Å². The number of nitrogens with zero attached hydrogens (tertiary/aromatic N) is 3. The number of phenolic OH excluding ortho intramolecular Hbond substituents is 1. The van der Waals surface area contributed by atoms with Crippen LogP contribution in [0.4, 0.5) is 5.95 Å². The van der Waals surface area contributed by atoms with Crippen molar-refractivity contribution in [2.24, 2.45) is 5.92 Å². The Labute approximate surface area is 149 Å². The fourth-order valence-corrected chi connectivity index (χ4v) is 3.91. The normalized spacial score (nSPS) is 24.4. The summed E-state index contributed by atoms with van der Waals surface area (Å²) in [5.74, 6) is 0.956. The van der Waals surface area contributed by atoms with Gasteiger partial charge in [0.1, 0.15) is 23.6 Å². The first-order valence-electron chi connectivity index (χ1n) is 8.44. The Morgan fingerprint density at radius 2 is 2.12 bits per heavy atom. The fourth-order valence-electron chi connectivity index (χ4n) is 3.91. The Kier molecular flexibility index (Phi) is 3.21. The Morgan fingerprint density at radius 3 is 2.92 bits per heavy atom. The predicted molar refractivity (Wildman–Crippen MR) is 92.5 cm³/mol. The second-order valence-corrected chi connectivity index (χ2v) is 6.55. The number of hydrogen-bond acceptors (Lipinski definition) is 6. The molecule has 26 heavy (non-hydrogen) atoms. The summed E-state index contributed by atoms with van der Waals surface area (Å²) in [5, 5.41) is 17.9. The summed E-state index contributed by atoms with van der Waals surface area (Å²) in [6.07, 6.45) is 5.43. The van der Waals surface area contributed by atoms with E-state index in [1.54, 1.807) is 23.1 Å². The van der Waals surface area contributed by atoms with Crippen LogP contribution in [0.5, 0.6) is 5.75 Å². The number of hydrogen-bond donors (Lipinski definition) is 2. The van der Waals surface area contributed by atoms with Crippen molar-refractivity contribution in [2.45, 2.75) is 18.4 Å². The zero-order valence-electron chi connectivity index (χ0n) is 13.7. The number of carbonyl (C=O) groups excluding carboxylic acids is 1. The first-order valence-corrected chi connectivity index (χ1v) is 8.44. The molecule has 0 saturated heterocycles. The molecule has 0 bridgehead atoms. The van der Waals surface area contributed by atoms with Gasteiger partial charge in [0.05, 0.1) is 18.2 Å². The van der Waals surface area contributed by atoms with Crippen molar-refractivity contribution in [2.75, 3.05) is 5.32 Å². The third kappa shape index (κ3) is 2.17. The van der Waals surface area contributed by atoms with E-state index in [-0.39, 0.29) is 17.5 Å². The Bertz CT molecular complexity index is 1010. The van der Waals surface area contributed by atoms with E-state index in [0.717, 1.165) is 11.5 Å². The Balaban J connectivity index is 1.66. The molecule has 3 heterocycles. The molecule has 0 unspecified atom stereocenters. The van der Waals surface area contributed by atoms with Gasteiger partial charge in [0.25, 0.3) is 0 Å². The molecule has 1 aromatic carbocycles. The average Bonchev–Trinajstić information content (AvgIpc) is 3.32. The van der Waals surface area contributed by atoms with Gasteiger partial charge in [0.15, 0.2) is 0 Å². The van der Waals surface area contributed by atoms with Crippen molar-refractivity contribution in [1.82, 2.24) is 14.8 Å². The minimum absolute atomic E-state index is 0.0748. The number of nitrogens with one attached hydrogen (secondary N) is 1. The molecule has 0 fully saturated rings. The van der Waals surface area contributed by atoms with Crippen molar-refractivity contribution >= 4 is 11.7 Å². The number of fused-ring (bicyclic) bond motifs is 2. The van der Waals surface area contributed by atoms with E-state index in [1.807, 2.05) is 30.3 Å². The lowest BCUT2D eigenvalue weighted by Crippen LogP contribution is -2.40. The van der Waals surface area contributed by atoms with E-state index in [4.69, 9.17) is 4.42 Å². The van der Waals surface area contributed by atoms with Gasteiger partial charge < -0.3 is 14.8 Å². The standard InChI is InChI=1S/C19H16N4O3/c24-14-5-2-1-4-12(14)18-17-13(22-19-20-10-21-23(18)19)8-11(9-15(17)25)16-6-3-7-26-16/h1-8,10-11,17-18,24H,9H2,(H,20,21,22)/t11-,17+,18+/m1/s1. The number of para-hydroxylation sites is 1. The summed E-state index contributed by atoms with van der Waals surface area (Å²) in [5.41, 5.74) is 1.43. The molecule has 130 valence electrons.